The van der Waals surface area contributed by atoms with Crippen LogP contribution in [0.15, 0.2) is 33.8 Å². The summed E-state index contributed by atoms with van der Waals surface area (Å²) >= 11 is 1.06. The molecular weight excluding hydrogens is 377 g/mol. The molecule has 3 rings (SSSR count). The first-order valence-corrected chi connectivity index (χ1v) is 8.41. The van der Waals surface area contributed by atoms with Crippen molar-refractivity contribution < 1.29 is 24.6 Å². The smallest absolute Gasteiger partial charge is 0.536 e. The van der Waals surface area contributed by atoms with E-state index in [0.717, 1.165) is 11.3 Å². The van der Waals surface area contributed by atoms with Crippen molar-refractivity contribution in [3.63, 3.8) is 0 Å². The van der Waals surface area contributed by atoms with Gasteiger partial charge in [-0.2, -0.15) is 4.91 Å². The van der Waals surface area contributed by atoms with Crippen LogP contribution < -0.4 is 15.7 Å². The maximum atomic E-state index is 12.4. The van der Waals surface area contributed by atoms with Gasteiger partial charge in [0.15, 0.2) is 10.8 Å². The molecule has 11 nitrogen and oxygen atoms in total. The average Bonchev–Trinajstić information content (AvgIpc) is 3.06. The lowest BCUT2D eigenvalue weighted by Gasteiger charge is -2.28. The van der Waals surface area contributed by atoms with Crippen LogP contribution in [-0.4, -0.2) is 45.9 Å². The Kier molecular flexibility index (Phi) is 5.03. The molecule has 0 bridgehead atoms. The first kappa shape index (κ1) is 18.3. The number of hydrogen-bond donors (Lipinski definition) is 4. The van der Waals surface area contributed by atoms with Crippen molar-refractivity contribution in [2.45, 2.75) is 12.4 Å². The van der Waals surface area contributed by atoms with Gasteiger partial charge >= 0.3 is 13.0 Å². The second-order valence-corrected chi connectivity index (χ2v) is 6.41. The first-order chi connectivity index (χ1) is 12.9. The molecule has 1 aliphatic heterocycles. The van der Waals surface area contributed by atoms with Crippen LogP contribution in [0.2, 0.25) is 0 Å². The van der Waals surface area contributed by atoms with Gasteiger partial charge in [-0.1, -0.05) is 22.4 Å². The van der Waals surface area contributed by atoms with Gasteiger partial charge in [0.25, 0.3) is 5.91 Å². The number of nitroso groups, excluding NO2 is 1. The molecule has 0 aliphatic carbocycles. The molecule has 1 unspecified atom stereocenters. The molecule has 0 spiro atoms. The third-order valence-electron chi connectivity index (χ3n) is 3.85. The van der Waals surface area contributed by atoms with E-state index in [2.05, 4.69) is 20.5 Å². The van der Waals surface area contributed by atoms with Crippen LogP contribution in [0.3, 0.4) is 0 Å². The number of carbonyl (C=O) groups excluding carboxylic acids is 1. The number of oxime groups is 1. The Labute approximate surface area is 156 Å². The molecule has 2 aromatic rings. The highest BCUT2D eigenvalue weighted by Crippen LogP contribution is 2.31. The summed E-state index contributed by atoms with van der Waals surface area (Å²) in [6, 6.07) is 4.48. The Morgan fingerprint density at radius 2 is 2.22 bits per heavy atom. The fourth-order valence-corrected chi connectivity index (χ4v) is 3.20. The van der Waals surface area contributed by atoms with E-state index in [9.17, 15) is 19.6 Å². The van der Waals surface area contributed by atoms with E-state index in [0.29, 0.717) is 5.56 Å². The number of aromatic carboxylic acids is 1. The maximum absolute atomic E-state index is 12.4. The highest BCUT2D eigenvalue weighted by molar-refractivity contribution is 7.13. The molecule has 0 saturated carbocycles. The summed E-state index contributed by atoms with van der Waals surface area (Å²) in [7, 11) is -1.36. The quantitative estimate of drug-likeness (QED) is 0.188. The molecule has 0 radical (unpaired) electrons. The van der Waals surface area contributed by atoms with Gasteiger partial charge in [-0.05, 0) is 18.1 Å². The number of nitrogens with one attached hydrogen (secondary N) is 1. The molecule has 0 saturated heterocycles. The molecular formula is C14H12BN5O6S. The zero-order chi connectivity index (χ0) is 19.6. The molecule has 0 fully saturated rings. The number of rotatable bonds is 5. The summed E-state index contributed by atoms with van der Waals surface area (Å²) in [4.78, 5) is 38.8. The molecule has 13 heteroatoms. The number of carboxylic acids is 1. The number of amides is 1. The van der Waals surface area contributed by atoms with E-state index in [4.69, 9.17) is 15.6 Å². The van der Waals surface area contributed by atoms with E-state index in [-0.39, 0.29) is 28.6 Å². The van der Waals surface area contributed by atoms with Gasteiger partial charge in [-0.15, -0.1) is 11.3 Å². The topological polar surface area (TPSA) is 177 Å². The predicted molar refractivity (Wildman–Crippen MR) is 96.1 cm³/mol. The third kappa shape index (κ3) is 3.57. The lowest BCUT2D eigenvalue weighted by molar-refractivity contribution is -0.115. The molecule has 5 N–H and O–H groups in total. The minimum Gasteiger partial charge on any atom is -0.536 e. The van der Waals surface area contributed by atoms with Gasteiger partial charge in [-0.25, -0.2) is 9.78 Å². The van der Waals surface area contributed by atoms with Crippen LogP contribution in [0, 0.1) is 4.91 Å². The molecule has 27 heavy (non-hydrogen) atoms. The number of carbonyl (C=O) groups is 2. The molecule has 1 aliphatic rings. The second kappa shape index (κ2) is 7.41. The van der Waals surface area contributed by atoms with Crippen molar-refractivity contribution in [2.24, 2.45) is 10.2 Å². The standard InChI is InChI=1S/C14H12BN5O6S/c16-14-17-8(5-27-14)10(19-24)12(21)18-9-4-6-2-1-3-7(13(22)23)11(6)26-15(9)20-25/h1-3,5,9,24H,4H2,(H2,16,17)(H,18,21)(H,22,23)/b19-10-. The molecule has 138 valence electrons. The average molecular weight is 389 g/mol. The summed E-state index contributed by atoms with van der Waals surface area (Å²) in [5, 5.41) is 28.2. The Balaban J connectivity index is 1.84. The Bertz CT molecular complexity index is 948. The highest BCUT2D eigenvalue weighted by atomic mass is 32.1. The van der Waals surface area contributed by atoms with Gasteiger partial charge in [-0.3, -0.25) is 4.79 Å². The van der Waals surface area contributed by atoms with Crippen LogP contribution in [0.4, 0.5) is 5.13 Å². The predicted octanol–water partition coefficient (Wildman–Crippen LogP) is 0.516. The monoisotopic (exact) mass is 389 g/mol. The van der Waals surface area contributed by atoms with E-state index in [1.807, 2.05) is 0 Å². The van der Waals surface area contributed by atoms with Gasteiger partial charge < -0.3 is 26.0 Å². The summed E-state index contributed by atoms with van der Waals surface area (Å²) < 4.78 is 5.40. The van der Waals surface area contributed by atoms with E-state index in [1.54, 1.807) is 6.07 Å². The number of para-hydroxylation sites is 1. The number of fused-ring (bicyclic) bond motifs is 1. The first-order valence-electron chi connectivity index (χ1n) is 7.53. The fourth-order valence-electron chi connectivity index (χ4n) is 2.66. The Morgan fingerprint density at radius 3 is 2.81 bits per heavy atom. The van der Waals surface area contributed by atoms with Gasteiger partial charge in [0.2, 0.25) is 0 Å². The molecule has 1 aromatic carbocycles. The largest absolute Gasteiger partial charge is 0.570 e. The van der Waals surface area contributed by atoms with Gasteiger partial charge in [0.1, 0.15) is 11.4 Å². The van der Waals surface area contributed by atoms with Gasteiger partial charge in [0.05, 0.1) is 11.5 Å². The number of nitrogens with zero attached hydrogens (tertiary/aromatic N) is 3. The lowest BCUT2D eigenvalue weighted by Crippen LogP contribution is -2.53. The summed E-state index contributed by atoms with van der Waals surface area (Å²) in [6.07, 6.45) is 0.0938. The van der Waals surface area contributed by atoms with Crippen LogP contribution in [-0.2, 0) is 11.2 Å². The van der Waals surface area contributed by atoms with Crippen LogP contribution >= 0.6 is 11.3 Å². The number of aromatic nitrogens is 1. The number of hydrogen-bond acceptors (Lipinski definition) is 10. The highest BCUT2D eigenvalue weighted by Gasteiger charge is 2.41. The Hall–Kier alpha value is -3.48. The number of benzene rings is 1. The molecule has 2 heterocycles. The van der Waals surface area contributed by atoms with Crippen molar-refractivity contribution in [2.75, 3.05) is 5.73 Å². The van der Waals surface area contributed by atoms with Crippen molar-refractivity contribution in [1.82, 2.24) is 10.3 Å². The van der Waals surface area contributed by atoms with Crippen LogP contribution in [0.25, 0.3) is 0 Å². The summed E-state index contributed by atoms with van der Waals surface area (Å²) in [5.41, 5.74) is 5.56. The van der Waals surface area contributed by atoms with Crippen molar-refractivity contribution in [3.05, 3.63) is 45.3 Å². The molecule has 1 aromatic heterocycles. The number of anilines is 1. The molecule has 1 amide bonds. The fraction of sp³-hybridized carbons (Fsp3) is 0.143. The third-order valence-corrected chi connectivity index (χ3v) is 4.52. The lowest BCUT2D eigenvalue weighted by atomic mass is 9.68. The number of carboxylic acid groups (broad SMARTS) is 1. The molecule has 1 atom stereocenters. The maximum Gasteiger partial charge on any atom is 0.570 e. The Morgan fingerprint density at radius 1 is 1.44 bits per heavy atom. The number of nitrogen functional groups attached to an aromatic ring is 1. The van der Waals surface area contributed by atoms with Crippen molar-refractivity contribution in [3.8, 4) is 5.75 Å². The minimum atomic E-state index is -1.36. The number of thiazole rings is 1. The zero-order valence-corrected chi connectivity index (χ0v) is 14.3. The number of nitrogens with two attached hydrogens (primary N) is 1. The summed E-state index contributed by atoms with van der Waals surface area (Å²) in [5.74, 6) is -2.90. The van der Waals surface area contributed by atoms with E-state index in [1.165, 1.54) is 17.5 Å². The van der Waals surface area contributed by atoms with E-state index < -0.39 is 30.6 Å². The normalized spacial score (nSPS) is 16.2. The second-order valence-electron chi connectivity index (χ2n) is 5.52. The van der Waals surface area contributed by atoms with E-state index >= 15 is 0 Å². The van der Waals surface area contributed by atoms with Gasteiger partial charge in [0, 0.05) is 5.38 Å². The van der Waals surface area contributed by atoms with Crippen LogP contribution in [0.5, 0.6) is 5.75 Å². The zero-order valence-electron chi connectivity index (χ0n) is 13.5. The van der Waals surface area contributed by atoms with Crippen molar-refractivity contribution >= 4 is 41.1 Å². The summed E-state index contributed by atoms with van der Waals surface area (Å²) in [6.45, 7) is 0. The van der Waals surface area contributed by atoms with Crippen LogP contribution in [0.1, 0.15) is 21.6 Å². The SMILES string of the molecule is Nc1nc(/C(=N/O)C(=O)NC2Cc3cccc(C(=O)O)c3OB2N=O)cs1. The van der Waals surface area contributed by atoms with Crippen molar-refractivity contribution in [1.29, 1.82) is 0 Å². The minimum absolute atomic E-state index is 0.0309.